The fourth-order valence-corrected chi connectivity index (χ4v) is 4.29. The summed E-state index contributed by atoms with van der Waals surface area (Å²) >= 11 is 16.0. The molecule has 2 aromatic heterocycles. The van der Waals surface area contributed by atoms with Crippen molar-refractivity contribution in [1.29, 1.82) is 0 Å². The molecule has 0 amide bonds. The van der Waals surface area contributed by atoms with Crippen LogP contribution in [0.3, 0.4) is 0 Å². The van der Waals surface area contributed by atoms with Crippen LogP contribution in [0, 0.1) is 3.57 Å². The SMILES string of the molecule is Clc1ccc(-c2nc(Cl)c(I)c(C3CCCC3)n2)s1. The van der Waals surface area contributed by atoms with Crippen LogP contribution in [0.1, 0.15) is 37.3 Å². The first-order chi connectivity index (χ1) is 9.15. The van der Waals surface area contributed by atoms with E-state index in [1.165, 1.54) is 37.0 Å². The predicted molar refractivity (Wildman–Crippen MR) is 89.3 cm³/mol. The lowest BCUT2D eigenvalue weighted by Crippen LogP contribution is -2.04. The van der Waals surface area contributed by atoms with Crippen molar-refractivity contribution in [3.63, 3.8) is 0 Å². The molecule has 0 aromatic carbocycles. The number of hydrogen-bond donors (Lipinski definition) is 0. The normalized spacial score (nSPS) is 16.2. The molecule has 2 aromatic rings. The van der Waals surface area contributed by atoms with Gasteiger partial charge in [0, 0.05) is 5.92 Å². The Morgan fingerprint density at radius 2 is 1.89 bits per heavy atom. The van der Waals surface area contributed by atoms with Crippen LogP contribution in [-0.2, 0) is 0 Å². The lowest BCUT2D eigenvalue weighted by molar-refractivity contribution is 0.690. The summed E-state index contributed by atoms with van der Waals surface area (Å²) in [6.07, 6.45) is 4.97. The molecular weight excluding hydrogens is 414 g/mol. The van der Waals surface area contributed by atoms with Gasteiger partial charge in [-0.25, -0.2) is 9.97 Å². The maximum absolute atomic E-state index is 6.27. The average molecular weight is 425 g/mol. The van der Waals surface area contributed by atoms with E-state index < -0.39 is 0 Å². The molecule has 0 N–H and O–H groups in total. The molecule has 6 heteroatoms. The second kappa shape index (κ2) is 5.84. The van der Waals surface area contributed by atoms with Crippen molar-refractivity contribution in [3.8, 4) is 10.7 Å². The number of nitrogens with zero attached hydrogens (tertiary/aromatic N) is 2. The van der Waals surface area contributed by atoms with Crippen molar-refractivity contribution in [1.82, 2.24) is 9.97 Å². The van der Waals surface area contributed by atoms with Gasteiger partial charge >= 0.3 is 0 Å². The standard InChI is InChI=1S/C13H11Cl2IN2S/c14-9-6-5-8(19-9)13-17-11(7-3-1-2-4-7)10(16)12(15)18-13/h5-7H,1-4H2. The molecule has 0 spiro atoms. The Labute approximate surface area is 139 Å². The Bertz CT molecular complexity index is 609. The van der Waals surface area contributed by atoms with Crippen LogP contribution in [-0.4, -0.2) is 9.97 Å². The van der Waals surface area contributed by atoms with Crippen molar-refractivity contribution in [2.45, 2.75) is 31.6 Å². The Morgan fingerprint density at radius 1 is 1.16 bits per heavy atom. The van der Waals surface area contributed by atoms with Crippen LogP contribution in [0.4, 0.5) is 0 Å². The highest BCUT2D eigenvalue weighted by Crippen LogP contribution is 2.38. The summed E-state index contributed by atoms with van der Waals surface area (Å²) in [5.74, 6) is 1.23. The molecule has 2 heterocycles. The summed E-state index contributed by atoms with van der Waals surface area (Å²) < 4.78 is 1.74. The molecule has 1 saturated carbocycles. The van der Waals surface area contributed by atoms with Gasteiger partial charge < -0.3 is 0 Å². The van der Waals surface area contributed by atoms with Gasteiger partial charge in [0.15, 0.2) is 5.82 Å². The minimum atomic E-state index is 0.529. The van der Waals surface area contributed by atoms with Gasteiger partial charge in [-0.3, -0.25) is 0 Å². The summed E-state index contributed by atoms with van der Waals surface area (Å²) in [7, 11) is 0. The summed E-state index contributed by atoms with van der Waals surface area (Å²) in [5.41, 5.74) is 1.11. The highest BCUT2D eigenvalue weighted by atomic mass is 127. The third-order valence-corrected chi connectivity index (χ3v) is 6.25. The van der Waals surface area contributed by atoms with E-state index in [-0.39, 0.29) is 0 Å². The van der Waals surface area contributed by atoms with Gasteiger partial charge in [-0.05, 0) is 47.6 Å². The average Bonchev–Trinajstić information content (AvgIpc) is 3.03. The van der Waals surface area contributed by atoms with Gasteiger partial charge in [0.25, 0.3) is 0 Å². The first-order valence-corrected chi connectivity index (χ1v) is 8.79. The topological polar surface area (TPSA) is 25.8 Å². The first kappa shape index (κ1) is 14.0. The molecule has 0 aliphatic heterocycles. The zero-order valence-corrected chi connectivity index (χ0v) is 14.5. The van der Waals surface area contributed by atoms with Crippen molar-refractivity contribution >= 4 is 57.1 Å². The molecule has 2 nitrogen and oxygen atoms in total. The van der Waals surface area contributed by atoms with Crippen LogP contribution in [0.25, 0.3) is 10.7 Å². The van der Waals surface area contributed by atoms with E-state index in [9.17, 15) is 0 Å². The fourth-order valence-electron chi connectivity index (χ4n) is 2.45. The van der Waals surface area contributed by atoms with E-state index in [2.05, 4.69) is 27.6 Å². The fraction of sp³-hybridized carbons (Fsp3) is 0.385. The van der Waals surface area contributed by atoms with Gasteiger partial charge in [0.05, 0.1) is 18.5 Å². The summed E-state index contributed by atoms with van der Waals surface area (Å²) in [5, 5.41) is 0.553. The Morgan fingerprint density at radius 3 is 2.53 bits per heavy atom. The van der Waals surface area contributed by atoms with Gasteiger partial charge in [0.2, 0.25) is 0 Å². The summed E-state index contributed by atoms with van der Waals surface area (Å²) in [4.78, 5) is 10.1. The van der Waals surface area contributed by atoms with Crippen LogP contribution < -0.4 is 0 Å². The molecule has 19 heavy (non-hydrogen) atoms. The number of rotatable bonds is 2. The largest absolute Gasteiger partial charge is 0.231 e. The van der Waals surface area contributed by atoms with E-state index in [4.69, 9.17) is 28.2 Å². The zero-order chi connectivity index (χ0) is 13.4. The highest BCUT2D eigenvalue weighted by Gasteiger charge is 2.24. The Hall–Kier alpha value is 0.0900. The van der Waals surface area contributed by atoms with Gasteiger partial charge in [-0.1, -0.05) is 36.0 Å². The van der Waals surface area contributed by atoms with Crippen molar-refractivity contribution in [2.24, 2.45) is 0 Å². The maximum atomic E-state index is 6.27. The lowest BCUT2D eigenvalue weighted by atomic mass is 10.0. The molecule has 1 aliphatic carbocycles. The minimum Gasteiger partial charge on any atom is -0.231 e. The third kappa shape index (κ3) is 2.91. The molecular formula is C13H11Cl2IN2S. The maximum Gasteiger partial charge on any atom is 0.171 e. The van der Waals surface area contributed by atoms with Crippen molar-refractivity contribution in [2.75, 3.05) is 0 Å². The van der Waals surface area contributed by atoms with Gasteiger partial charge in [-0.2, -0.15) is 0 Å². The molecule has 0 radical (unpaired) electrons. The quantitative estimate of drug-likeness (QED) is 0.451. The van der Waals surface area contributed by atoms with E-state index in [0.29, 0.717) is 16.9 Å². The number of aromatic nitrogens is 2. The Balaban J connectivity index is 2.06. The molecule has 0 unspecified atom stereocenters. The van der Waals surface area contributed by atoms with E-state index in [0.717, 1.165) is 18.5 Å². The van der Waals surface area contributed by atoms with Crippen LogP contribution in [0.15, 0.2) is 12.1 Å². The van der Waals surface area contributed by atoms with Gasteiger partial charge in [0.1, 0.15) is 5.15 Å². The molecule has 0 atom stereocenters. The Kier molecular flexibility index (Phi) is 4.31. The first-order valence-electron chi connectivity index (χ1n) is 6.14. The minimum absolute atomic E-state index is 0.529. The van der Waals surface area contributed by atoms with Gasteiger partial charge in [-0.15, -0.1) is 11.3 Å². The molecule has 1 fully saturated rings. The summed E-state index contributed by atoms with van der Waals surface area (Å²) in [6, 6.07) is 3.82. The highest BCUT2D eigenvalue weighted by molar-refractivity contribution is 14.1. The second-order valence-corrected chi connectivity index (χ2v) is 7.77. The number of halogens is 3. The molecule has 1 aliphatic rings. The van der Waals surface area contributed by atoms with Crippen molar-refractivity contribution in [3.05, 3.63) is 30.9 Å². The van der Waals surface area contributed by atoms with Crippen molar-refractivity contribution < 1.29 is 0 Å². The smallest absolute Gasteiger partial charge is 0.171 e. The second-order valence-electron chi connectivity index (χ2n) is 4.62. The summed E-state index contributed by atoms with van der Waals surface area (Å²) in [6.45, 7) is 0. The molecule has 3 rings (SSSR count). The number of thiophene rings is 1. The van der Waals surface area contributed by atoms with E-state index in [1.54, 1.807) is 0 Å². The third-order valence-electron chi connectivity index (χ3n) is 3.37. The predicted octanol–water partition coefficient (Wildman–Crippen LogP) is 5.77. The molecule has 0 bridgehead atoms. The molecule has 100 valence electrons. The van der Waals surface area contributed by atoms with E-state index >= 15 is 0 Å². The number of hydrogen-bond acceptors (Lipinski definition) is 3. The lowest BCUT2D eigenvalue weighted by Gasteiger charge is -2.12. The van der Waals surface area contributed by atoms with Crippen LogP contribution in [0.2, 0.25) is 9.49 Å². The monoisotopic (exact) mass is 424 g/mol. The molecule has 0 saturated heterocycles. The zero-order valence-electron chi connectivity index (χ0n) is 10.00. The van der Waals surface area contributed by atoms with Crippen LogP contribution in [0.5, 0.6) is 0 Å². The van der Waals surface area contributed by atoms with Crippen LogP contribution >= 0.6 is 57.1 Å². The van der Waals surface area contributed by atoms with E-state index in [1.807, 2.05) is 12.1 Å².